The molecule has 1 unspecified atom stereocenters. The number of hydrogen-bond acceptors (Lipinski definition) is 7. The Morgan fingerprint density at radius 2 is 2.00 bits per heavy atom. The molecular formula is C22H25N5O3. The Hall–Kier alpha value is -3.29. The van der Waals surface area contributed by atoms with Crippen molar-refractivity contribution in [2.24, 2.45) is 0 Å². The second-order valence-corrected chi connectivity index (χ2v) is 7.44. The number of amides is 1. The summed E-state index contributed by atoms with van der Waals surface area (Å²) in [6.45, 7) is 2.57. The number of methoxy groups -OCH3 is 1. The quantitative estimate of drug-likeness (QED) is 0.617. The zero-order valence-corrected chi connectivity index (χ0v) is 17.2. The minimum absolute atomic E-state index is 0.102. The van der Waals surface area contributed by atoms with Gasteiger partial charge in [0, 0.05) is 19.2 Å². The number of carbonyl (C=O) groups excluding carboxylic acids is 1. The number of benzene rings is 1. The summed E-state index contributed by atoms with van der Waals surface area (Å²) in [5.74, 6) is 1.70. The maximum atomic E-state index is 13.0. The van der Waals surface area contributed by atoms with E-state index in [-0.39, 0.29) is 11.9 Å². The predicted molar refractivity (Wildman–Crippen MR) is 110 cm³/mol. The largest absolute Gasteiger partial charge is 0.497 e. The Labute approximate surface area is 175 Å². The van der Waals surface area contributed by atoms with Gasteiger partial charge in [0.25, 0.3) is 5.89 Å². The Kier molecular flexibility index (Phi) is 6.02. The van der Waals surface area contributed by atoms with Crippen LogP contribution >= 0.6 is 0 Å². The molecular weight excluding hydrogens is 382 g/mol. The molecule has 1 aromatic carbocycles. The molecule has 1 fully saturated rings. The van der Waals surface area contributed by atoms with E-state index >= 15 is 0 Å². The molecule has 1 amide bonds. The van der Waals surface area contributed by atoms with Crippen LogP contribution < -0.4 is 4.74 Å². The molecule has 0 N–H and O–H groups in total. The standard InChI is InChI=1S/C22H25N5O3/c1-15-13-24-18(14-23-15)21-25-26-22(30-21)19-5-3-4-12-27(19)20(28)11-8-16-6-9-17(29-2)10-7-16/h6-7,9-10,13-14,19H,3-5,8,11-12H2,1-2H3. The van der Waals surface area contributed by atoms with Crippen LogP contribution in [0.4, 0.5) is 0 Å². The molecule has 2 aromatic heterocycles. The summed E-state index contributed by atoms with van der Waals surface area (Å²) in [6, 6.07) is 7.62. The van der Waals surface area contributed by atoms with Crippen molar-refractivity contribution in [3.8, 4) is 17.3 Å². The lowest BCUT2D eigenvalue weighted by atomic mass is 10.0. The number of ether oxygens (including phenoxy) is 1. The van der Waals surface area contributed by atoms with E-state index in [1.807, 2.05) is 36.1 Å². The SMILES string of the molecule is COc1ccc(CCC(=O)N2CCCCC2c2nnc(-c3cnc(C)cn3)o2)cc1. The van der Waals surface area contributed by atoms with Gasteiger partial charge < -0.3 is 14.1 Å². The normalized spacial score (nSPS) is 16.5. The molecule has 0 radical (unpaired) electrons. The second kappa shape index (κ2) is 9.02. The summed E-state index contributed by atoms with van der Waals surface area (Å²) < 4.78 is 11.1. The van der Waals surface area contributed by atoms with Crippen molar-refractivity contribution in [3.63, 3.8) is 0 Å². The van der Waals surface area contributed by atoms with Gasteiger partial charge in [-0.05, 0) is 50.3 Å². The Balaban J connectivity index is 1.44. The van der Waals surface area contributed by atoms with Crippen molar-refractivity contribution < 1.29 is 13.9 Å². The molecule has 0 saturated carbocycles. The van der Waals surface area contributed by atoms with Crippen LogP contribution in [0.1, 0.15) is 48.9 Å². The van der Waals surface area contributed by atoms with E-state index in [0.29, 0.717) is 36.9 Å². The van der Waals surface area contributed by atoms with Crippen LogP contribution in [0.3, 0.4) is 0 Å². The molecule has 3 aromatic rings. The van der Waals surface area contributed by atoms with Crippen LogP contribution in [0.2, 0.25) is 0 Å². The maximum absolute atomic E-state index is 13.0. The molecule has 3 heterocycles. The zero-order valence-electron chi connectivity index (χ0n) is 17.2. The van der Waals surface area contributed by atoms with Gasteiger partial charge in [0.15, 0.2) is 0 Å². The topological polar surface area (TPSA) is 94.2 Å². The number of likely N-dealkylation sites (tertiary alicyclic amines) is 1. The number of aromatic nitrogens is 4. The van der Waals surface area contributed by atoms with Crippen molar-refractivity contribution in [2.45, 2.75) is 45.1 Å². The fourth-order valence-corrected chi connectivity index (χ4v) is 3.65. The highest BCUT2D eigenvalue weighted by Gasteiger charge is 2.32. The van der Waals surface area contributed by atoms with Crippen LogP contribution in [-0.4, -0.2) is 44.6 Å². The van der Waals surface area contributed by atoms with E-state index < -0.39 is 0 Å². The number of nitrogens with zero attached hydrogens (tertiary/aromatic N) is 5. The predicted octanol–water partition coefficient (Wildman–Crippen LogP) is 3.53. The summed E-state index contributed by atoms with van der Waals surface area (Å²) in [7, 11) is 1.64. The van der Waals surface area contributed by atoms with Crippen molar-refractivity contribution in [1.29, 1.82) is 0 Å². The van der Waals surface area contributed by atoms with E-state index in [1.54, 1.807) is 19.5 Å². The van der Waals surface area contributed by atoms with Gasteiger partial charge in [0.1, 0.15) is 17.5 Å². The van der Waals surface area contributed by atoms with Gasteiger partial charge in [0.05, 0.1) is 19.0 Å². The van der Waals surface area contributed by atoms with Crippen LogP contribution in [0.25, 0.3) is 11.6 Å². The number of rotatable bonds is 6. The van der Waals surface area contributed by atoms with E-state index in [1.165, 1.54) is 0 Å². The summed E-state index contributed by atoms with van der Waals surface area (Å²) in [6.07, 6.45) is 7.22. The molecule has 1 saturated heterocycles. The van der Waals surface area contributed by atoms with Gasteiger partial charge in [0.2, 0.25) is 11.8 Å². The monoisotopic (exact) mass is 407 g/mol. The van der Waals surface area contributed by atoms with E-state index in [4.69, 9.17) is 9.15 Å². The second-order valence-electron chi connectivity index (χ2n) is 7.44. The highest BCUT2D eigenvalue weighted by Crippen LogP contribution is 2.32. The third-order valence-electron chi connectivity index (χ3n) is 5.34. The molecule has 30 heavy (non-hydrogen) atoms. The smallest absolute Gasteiger partial charge is 0.267 e. The maximum Gasteiger partial charge on any atom is 0.267 e. The van der Waals surface area contributed by atoms with Gasteiger partial charge in [-0.15, -0.1) is 10.2 Å². The lowest BCUT2D eigenvalue weighted by molar-refractivity contribution is -0.135. The lowest BCUT2D eigenvalue weighted by Crippen LogP contribution is -2.38. The van der Waals surface area contributed by atoms with Crippen molar-refractivity contribution in [2.75, 3.05) is 13.7 Å². The first-order chi connectivity index (χ1) is 14.6. The Morgan fingerprint density at radius 1 is 1.17 bits per heavy atom. The molecule has 1 aliphatic rings. The first-order valence-electron chi connectivity index (χ1n) is 10.2. The fourth-order valence-electron chi connectivity index (χ4n) is 3.65. The van der Waals surface area contributed by atoms with Crippen LogP contribution in [0, 0.1) is 6.92 Å². The van der Waals surface area contributed by atoms with Crippen molar-refractivity contribution in [3.05, 3.63) is 53.8 Å². The zero-order chi connectivity index (χ0) is 20.9. The van der Waals surface area contributed by atoms with Crippen LogP contribution in [-0.2, 0) is 11.2 Å². The minimum atomic E-state index is -0.193. The number of aryl methyl sites for hydroxylation is 2. The highest BCUT2D eigenvalue weighted by molar-refractivity contribution is 5.77. The van der Waals surface area contributed by atoms with E-state index in [9.17, 15) is 4.79 Å². The van der Waals surface area contributed by atoms with Gasteiger partial charge in [-0.1, -0.05) is 12.1 Å². The average Bonchev–Trinajstić information content (AvgIpc) is 3.28. The Morgan fingerprint density at radius 3 is 2.73 bits per heavy atom. The van der Waals surface area contributed by atoms with Gasteiger partial charge in [-0.3, -0.25) is 9.78 Å². The lowest BCUT2D eigenvalue weighted by Gasteiger charge is -2.33. The van der Waals surface area contributed by atoms with E-state index in [2.05, 4.69) is 20.2 Å². The fraction of sp³-hybridized carbons (Fsp3) is 0.409. The minimum Gasteiger partial charge on any atom is -0.497 e. The number of hydrogen-bond donors (Lipinski definition) is 0. The number of piperidine rings is 1. The van der Waals surface area contributed by atoms with Crippen molar-refractivity contribution in [1.82, 2.24) is 25.1 Å². The molecule has 8 heteroatoms. The van der Waals surface area contributed by atoms with Gasteiger partial charge in [-0.2, -0.15) is 0 Å². The Bertz CT molecular complexity index is 985. The first kappa shape index (κ1) is 20.0. The average molecular weight is 407 g/mol. The van der Waals surface area contributed by atoms with Crippen LogP contribution in [0.5, 0.6) is 5.75 Å². The van der Waals surface area contributed by atoms with Crippen LogP contribution in [0.15, 0.2) is 41.1 Å². The molecule has 1 aliphatic heterocycles. The highest BCUT2D eigenvalue weighted by atomic mass is 16.5. The molecule has 4 rings (SSSR count). The summed E-state index contributed by atoms with van der Waals surface area (Å²) in [5.41, 5.74) is 2.46. The molecule has 0 aliphatic carbocycles. The van der Waals surface area contributed by atoms with Gasteiger partial charge in [-0.25, -0.2) is 4.98 Å². The molecule has 1 atom stereocenters. The third-order valence-corrected chi connectivity index (χ3v) is 5.34. The summed E-state index contributed by atoms with van der Waals surface area (Å²) in [5, 5.41) is 8.34. The van der Waals surface area contributed by atoms with Crippen molar-refractivity contribution >= 4 is 5.91 Å². The molecule has 0 spiro atoms. The van der Waals surface area contributed by atoms with Gasteiger partial charge >= 0.3 is 0 Å². The first-order valence-corrected chi connectivity index (χ1v) is 10.2. The third kappa shape index (κ3) is 4.48. The van der Waals surface area contributed by atoms with E-state index in [0.717, 1.165) is 36.3 Å². The number of carbonyl (C=O) groups is 1. The molecule has 0 bridgehead atoms. The summed E-state index contributed by atoms with van der Waals surface area (Å²) >= 11 is 0. The molecule has 8 nitrogen and oxygen atoms in total. The molecule has 156 valence electrons. The summed E-state index contributed by atoms with van der Waals surface area (Å²) in [4.78, 5) is 23.4.